The standard InChI is InChI=1S/C48H68O8/c1-51-47-39-31-23-13-9-5-3-7-12-16-26-34-54-46(50)44-36-42(38-29-21-18-22-30-38)40(48(52-2)56-44)32-24-14-10-6-4-8-11-15-25-33-53-45(49)43(55-47)35-41(39)37-27-19-17-20-28-37/h17-22,27-30,35-36,39-42,47-48H,3-16,23-26,31-34H2,1-2H3/t39?,40?,41-,42+,47+,48-. The van der Waals surface area contributed by atoms with Gasteiger partial charge in [-0.3, -0.25) is 0 Å². The Morgan fingerprint density at radius 2 is 0.768 bits per heavy atom. The number of hydrogen-bond acceptors (Lipinski definition) is 8. The van der Waals surface area contributed by atoms with E-state index in [1.54, 1.807) is 14.2 Å². The molecule has 8 heteroatoms. The summed E-state index contributed by atoms with van der Waals surface area (Å²) in [6, 6.07) is 20.8. The highest BCUT2D eigenvalue weighted by Crippen LogP contribution is 2.41. The molecule has 308 valence electrons. The highest BCUT2D eigenvalue weighted by atomic mass is 16.7. The number of allylic oxidation sites excluding steroid dienone is 2. The average molecular weight is 773 g/mol. The van der Waals surface area contributed by atoms with Gasteiger partial charge in [0.15, 0.2) is 0 Å². The number of carbonyl (C=O) groups excluding carboxylic acids is 2. The molecule has 0 amide bonds. The van der Waals surface area contributed by atoms with E-state index < -0.39 is 24.5 Å². The maximum absolute atomic E-state index is 13.2. The molecule has 6 heterocycles. The van der Waals surface area contributed by atoms with Crippen LogP contribution in [0.15, 0.2) is 84.3 Å². The molecule has 6 aliphatic heterocycles. The quantitative estimate of drug-likeness (QED) is 0.284. The summed E-state index contributed by atoms with van der Waals surface area (Å²) < 4.78 is 35.5. The maximum atomic E-state index is 13.2. The average Bonchev–Trinajstić information content (AvgIpc) is 3.24. The second-order valence-electron chi connectivity index (χ2n) is 15.9. The summed E-state index contributed by atoms with van der Waals surface area (Å²) in [4.78, 5) is 26.4. The fraction of sp³-hybridized carbons (Fsp3) is 0.625. The third kappa shape index (κ3) is 13.8. The van der Waals surface area contributed by atoms with Gasteiger partial charge in [0.1, 0.15) is 0 Å². The van der Waals surface area contributed by atoms with Gasteiger partial charge < -0.3 is 28.4 Å². The van der Waals surface area contributed by atoms with E-state index in [9.17, 15) is 9.59 Å². The van der Waals surface area contributed by atoms with Crippen LogP contribution in [0, 0.1) is 11.8 Å². The molecule has 1 fully saturated rings. The number of carbonyl (C=O) groups is 2. The maximum Gasteiger partial charge on any atom is 0.373 e. The van der Waals surface area contributed by atoms with Crippen LogP contribution in [0.3, 0.4) is 0 Å². The molecule has 2 aromatic rings. The first-order valence-corrected chi connectivity index (χ1v) is 21.9. The van der Waals surface area contributed by atoms with Crippen LogP contribution in [-0.2, 0) is 38.0 Å². The highest BCUT2D eigenvalue weighted by molar-refractivity contribution is 5.87. The lowest BCUT2D eigenvalue weighted by atomic mass is 9.80. The fourth-order valence-electron chi connectivity index (χ4n) is 8.67. The Labute approximate surface area is 336 Å². The zero-order valence-electron chi connectivity index (χ0n) is 34.2. The minimum Gasteiger partial charge on any atom is -0.460 e. The van der Waals surface area contributed by atoms with Gasteiger partial charge in [0.2, 0.25) is 24.1 Å². The Kier molecular flexibility index (Phi) is 19.3. The van der Waals surface area contributed by atoms with E-state index in [0.717, 1.165) is 77.0 Å². The van der Waals surface area contributed by atoms with Crippen molar-refractivity contribution in [3.05, 3.63) is 95.5 Å². The minimum absolute atomic E-state index is 0.0208. The first-order chi connectivity index (χ1) is 27.6. The van der Waals surface area contributed by atoms with E-state index in [0.29, 0.717) is 13.2 Å². The lowest BCUT2D eigenvalue weighted by Crippen LogP contribution is -2.36. The van der Waals surface area contributed by atoms with E-state index in [1.165, 1.54) is 62.5 Å². The van der Waals surface area contributed by atoms with Gasteiger partial charge >= 0.3 is 11.9 Å². The van der Waals surface area contributed by atoms with E-state index in [1.807, 2.05) is 24.3 Å². The van der Waals surface area contributed by atoms with E-state index in [2.05, 4.69) is 48.5 Å². The second kappa shape index (κ2) is 24.9. The Hall–Kier alpha value is -3.62. The fourth-order valence-corrected chi connectivity index (χ4v) is 8.67. The first-order valence-electron chi connectivity index (χ1n) is 21.9. The normalized spacial score (nSPS) is 28.0. The third-order valence-corrected chi connectivity index (χ3v) is 11.8. The van der Waals surface area contributed by atoms with Crippen molar-refractivity contribution in [3.63, 3.8) is 0 Å². The molecule has 8 nitrogen and oxygen atoms in total. The molecule has 6 atom stereocenters. The summed E-state index contributed by atoms with van der Waals surface area (Å²) >= 11 is 0. The SMILES string of the molecule is CO[C@H]1OC2=C[C@H](c3ccccc3)C1CCCCCCCCCCCOC(=O)C1=C[C@@H](c3ccccc3)C(CCCCCCCCCCCOC2=O)[C@H](OC)O1. The molecule has 0 spiro atoms. The summed E-state index contributed by atoms with van der Waals surface area (Å²) in [6.45, 7) is 0.789. The van der Waals surface area contributed by atoms with Gasteiger partial charge in [0.25, 0.3) is 0 Å². The number of methoxy groups -OCH3 is 2. The number of ether oxygens (including phenoxy) is 6. The molecule has 8 rings (SSSR count). The van der Waals surface area contributed by atoms with Crippen molar-refractivity contribution in [1.82, 2.24) is 0 Å². The predicted molar refractivity (Wildman–Crippen MR) is 220 cm³/mol. The topological polar surface area (TPSA) is 89.5 Å². The minimum atomic E-state index is -0.497. The van der Waals surface area contributed by atoms with Crippen LogP contribution in [0.2, 0.25) is 0 Å². The molecule has 0 N–H and O–H groups in total. The van der Waals surface area contributed by atoms with Crippen molar-refractivity contribution in [2.45, 2.75) is 153 Å². The van der Waals surface area contributed by atoms with Crippen molar-refractivity contribution in [3.8, 4) is 0 Å². The van der Waals surface area contributed by atoms with Crippen molar-refractivity contribution in [2.24, 2.45) is 11.8 Å². The highest BCUT2D eigenvalue weighted by Gasteiger charge is 2.39. The number of rotatable bonds is 4. The summed E-state index contributed by atoms with van der Waals surface area (Å²) in [7, 11) is 3.34. The number of esters is 2. The van der Waals surface area contributed by atoms with Gasteiger partial charge in [-0.05, 0) is 49.0 Å². The van der Waals surface area contributed by atoms with Crippen molar-refractivity contribution in [1.29, 1.82) is 0 Å². The molecule has 0 aliphatic carbocycles. The molecule has 56 heavy (non-hydrogen) atoms. The van der Waals surface area contributed by atoms with Gasteiger partial charge in [0.05, 0.1) is 13.2 Å². The number of hydrogen-bond donors (Lipinski definition) is 0. The molecule has 1 saturated heterocycles. The Bertz CT molecular complexity index is 1360. The molecule has 0 saturated carbocycles. The van der Waals surface area contributed by atoms with Crippen LogP contribution >= 0.6 is 0 Å². The Morgan fingerprint density at radius 3 is 1.11 bits per heavy atom. The molecule has 2 unspecified atom stereocenters. The summed E-state index contributed by atoms with van der Waals surface area (Å²) in [5.74, 6) is 0.00650. The van der Waals surface area contributed by atoms with Gasteiger partial charge in [-0.25, -0.2) is 9.59 Å². The third-order valence-electron chi connectivity index (χ3n) is 11.8. The summed E-state index contributed by atoms with van der Waals surface area (Å²) in [6.07, 6.45) is 24.9. The van der Waals surface area contributed by atoms with E-state index in [-0.39, 0.29) is 35.2 Å². The molecule has 2 aromatic carbocycles. The van der Waals surface area contributed by atoms with Crippen molar-refractivity contribution in [2.75, 3.05) is 27.4 Å². The van der Waals surface area contributed by atoms with Crippen molar-refractivity contribution >= 4 is 11.9 Å². The molecular formula is C48H68O8. The predicted octanol–water partition coefficient (Wildman–Crippen LogP) is 11.5. The smallest absolute Gasteiger partial charge is 0.373 e. The first kappa shape index (κ1) is 43.5. The largest absolute Gasteiger partial charge is 0.460 e. The molecule has 0 radical (unpaired) electrons. The molecule has 0 aromatic heterocycles. The van der Waals surface area contributed by atoms with Crippen LogP contribution in [0.5, 0.6) is 0 Å². The van der Waals surface area contributed by atoms with Crippen LogP contribution in [0.1, 0.15) is 151 Å². The zero-order valence-corrected chi connectivity index (χ0v) is 34.2. The number of benzene rings is 2. The monoisotopic (exact) mass is 772 g/mol. The van der Waals surface area contributed by atoms with Crippen LogP contribution in [0.4, 0.5) is 0 Å². The molecular weight excluding hydrogens is 705 g/mol. The van der Waals surface area contributed by atoms with Crippen LogP contribution < -0.4 is 0 Å². The van der Waals surface area contributed by atoms with Crippen molar-refractivity contribution < 1.29 is 38.0 Å². The molecule has 4 bridgehead atoms. The lowest BCUT2D eigenvalue weighted by molar-refractivity contribution is -0.168. The van der Waals surface area contributed by atoms with Gasteiger partial charge in [-0.1, -0.05) is 163 Å². The van der Waals surface area contributed by atoms with Gasteiger partial charge in [0, 0.05) is 37.9 Å². The lowest BCUT2D eigenvalue weighted by Gasteiger charge is -2.36. The Balaban J connectivity index is 1.15. The van der Waals surface area contributed by atoms with E-state index in [4.69, 9.17) is 28.4 Å². The Morgan fingerprint density at radius 1 is 0.446 bits per heavy atom. The van der Waals surface area contributed by atoms with E-state index >= 15 is 0 Å². The van der Waals surface area contributed by atoms with Gasteiger partial charge in [-0.2, -0.15) is 0 Å². The summed E-state index contributed by atoms with van der Waals surface area (Å²) in [5, 5.41) is 0. The zero-order chi connectivity index (χ0) is 39.2. The van der Waals surface area contributed by atoms with Crippen LogP contribution in [-0.4, -0.2) is 52.0 Å². The van der Waals surface area contributed by atoms with Gasteiger partial charge in [-0.15, -0.1) is 0 Å². The molecule has 6 aliphatic rings. The van der Waals surface area contributed by atoms with Crippen LogP contribution in [0.25, 0.3) is 0 Å². The summed E-state index contributed by atoms with van der Waals surface area (Å²) in [5.41, 5.74) is 2.33. The second-order valence-corrected chi connectivity index (χ2v) is 15.9.